The second-order valence-electron chi connectivity index (χ2n) is 3.82. The summed E-state index contributed by atoms with van der Waals surface area (Å²) in [5.74, 6) is -0.172. The molecule has 6 nitrogen and oxygen atoms in total. The zero-order valence-electron chi connectivity index (χ0n) is 11.0. The smallest absolute Gasteiger partial charge is 0.410 e. The van der Waals surface area contributed by atoms with Crippen LogP contribution in [0.15, 0.2) is 0 Å². The minimum atomic E-state index is -0.572. The molecular weight excluding hydrogens is 224 g/mol. The van der Waals surface area contributed by atoms with Crippen LogP contribution >= 0.6 is 0 Å². The third-order valence-corrected chi connectivity index (χ3v) is 2.52. The zero-order valence-corrected chi connectivity index (χ0v) is 11.0. The summed E-state index contributed by atoms with van der Waals surface area (Å²) in [6, 6.07) is -0.572. The van der Waals surface area contributed by atoms with Crippen LogP contribution in [0.2, 0.25) is 0 Å². The predicted octanol–water partition coefficient (Wildman–Crippen LogP) is 0.304. The Bertz CT molecular complexity index is 258. The minimum Gasteiger partial charge on any atom is -0.450 e. The molecule has 100 valence electrons. The van der Waals surface area contributed by atoms with Gasteiger partial charge in [-0.1, -0.05) is 0 Å². The first-order chi connectivity index (χ1) is 7.95. The molecule has 1 unspecified atom stereocenters. The molecule has 0 aromatic carbocycles. The standard InChI is InChI=1S/C11H22N2O4/c1-5-17-11(16)13(4)9(2)10(15)12(3)7-6-8-14/h9,14H,5-8H2,1-4H3. The van der Waals surface area contributed by atoms with Crippen molar-refractivity contribution in [2.45, 2.75) is 26.3 Å². The van der Waals surface area contributed by atoms with Gasteiger partial charge in [0.25, 0.3) is 0 Å². The van der Waals surface area contributed by atoms with Gasteiger partial charge < -0.3 is 14.7 Å². The van der Waals surface area contributed by atoms with Crippen LogP contribution in [-0.4, -0.2) is 66.8 Å². The highest BCUT2D eigenvalue weighted by molar-refractivity contribution is 5.85. The molecule has 0 saturated carbocycles. The highest BCUT2D eigenvalue weighted by atomic mass is 16.6. The van der Waals surface area contributed by atoms with Gasteiger partial charge in [-0.15, -0.1) is 0 Å². The van der Waals surface area contributed by atoms with Crippen LogP contribution in [0.3, 0.4) is 0 Å². The normalized spacial score (nSPS) is 11.8. The highest BCUT2D eigenvalue weighted by Crippen LogP contribution is 2.03. The Labute approximate surface area is 102 Å². The van der Waals surface area contributed by atoms with Gasteiger partial charge in [0, 0.05) is 27.2 Å². The highest BCUT2D eigenvalue weighted by Gasteiger charge is 2.25. The molecule has 17 heavy (non-hydrogen) atoms. The van der Waals surface area contributed by atoms with Gasteiger partial charge in [0.1, 0.15) is 6.04 Å². The number of rotatable bonds is 6. The molecule has 0 aliphatic carbocycles. The summed E-state index contributed by atoms with van der Waals surface area (Å²) < 4.78 is 4.81. The lowest BCUT2D eigenvalue weighted by Crippen LogP contribution is -2.47. The summed E-state index contributed by atoms with van der Waals surface area (Å²) in [5, 5.41) is 8.68. The largest absolute Gasteiger partial charge is 0.450 e. The summed E-state index contributed by atoms with van der Waals surface area (Å²) in [4.78, 5) is 26.1. The van der Waals surface area contributed by atoms with E-state index in [1.807, 2.05) is 0 Å². The average Bonchev–Trinajstić information content (AvgIpc) is 2.33. The van der Waals surface area contributed by atoms with Crippen LogP contribution in [-0.2, 0) is 9.53 Å². The number of carbonyl (C=O) groups is 2. The zero-order chi connectivity index (χ0) is 13.4. The van der Waals surface area contributed by atoms with Crippen molar-refractivity contribution in [2.75, 3.05) is 33.9 Å². The topological polar surface area (TPSA) is 70.1 Å². The van der Waals surface area contributed by atoms with Gasteiger partial charge in [-0.2, -0.15) is 0 Å². The van der Waals surface area contributed by atoms with Crippen molar-refractivity contribution in [3.8, 4) is 0 Å². The fourth-order valence-corrected chi connectivity index (χ4v) is 1.29. The summed E-state index contributed by atoms with van der Waals surface area (Å²) in [7, 11) is 3.17. The van der Waals surface area contributed by atoms with Gasteiger partial charge in [-0.05, 0) is 20.3 Å². The molecule has 0 fully saturated rings. The second-order valence-corrected chi connectivity index (χ2v) is 3.82. The number of carbonyl (C=O) groups excluding carboxylic acids is 2. The molecule has 6 heteroatoms. The van der Waals surface area contributed by atoms with E-state index in [-0.39, 0.29) is 19.1 Å². The number of aliphatic hydroxyl groups is 1. The Kier molecular flexibility index (Phi) is 7.29. The van der Waals surface area contributed by atoms with Gasteiger partial charge in [-0.25, -0.2) is 4.79 Å². The van der Waals surface area contributed by atoms with Crippen molar-refractivity contribution in [1.29, 1.82) is 0 Å². The monoisotopic (exact) mass is 246 g/mol. The first-order valence-corrected chi connectivity index (χ1v) is 5.71. The van der Waals surface area contributed by atoms with Gasteiger partial charge in [0.2, 0.25) is 5.91 Å². The Hall–Kier alpha value is -1.30. The lowest BCUT2D eigenvalue weighted by molar-refractivity contribution is -0.134. The molecule has 2 amide bonds. The van der Waals surface area contributed by atoms with Crippen LogP contribution in [0.5, 0.6) is 0 Å². The van der Waals surface area contributed by atoms with Gasteiger partial charge in [0.15, 0.2) is 0 Å². The second kappa shape index (κ2) is 7.89. The Morgan fingerprint density at radius 1 is 1.35 bits per heavy atom. The Morgan fingerprint density at radius 3 is 2.41 bits per heavy atom. The maximum atomic E-state index is 11.9. The number of ether oxygens (including phenoxy) is 1. The average molecular weight is 246 g/mol. The van der Waals surface area contributed by atoms with Crippen molar-refractivity contribution < 1.29 is 19.4 Å². The predicted molar refractivity (Wildman–Crippen MR) is 63.6 cm³/mol. The fraction of sp³-hybridized carbons (Fsp3) is 0.818. The fourth-order valence-electron chi connectivity index (χ4n) is 1.29. The lowest BCUT2D eigenvalue weighted by atomic mass is 10.2. The third kappa shape index (κ3) is 5.04. The van der Waals surface area contributed by atoms with Crippen molar-refractivity contribution in [2.24, 2.45) is 0 Å². The van der Waals surface area contributed by atoms with Crippen LogP contribution in [0.4, 0.5) is 4.79 Å². The summed E-state index contributed by atoms with van der Waals surface area (Å²) >= 11 is 0. The van der Waals surface area contributed by atoms with Gasteiger partial charge in [0.05, 0.1) is 6.61 Å². The van der Waals surface area contributed by atoms with Crippen LogP contribution in [0, 0.1) is 0 Å². The maximum absolute atomic E-state index is 11.9. The molecule has 0 spiro atoms. The quantitative estimate of drug-likeness (QED) is 0.732. The molecule has 1 N–H and O–H groups in total. The van der Waals surface area contributed by atoms with Gasteiger partial charge >= 0.3 is 6.09 Å². The molecule has 0 rings (SSSR count). The number of hydrogen-bond acceptors (Lipinski definition) is 4. The van der Waals surface area contributed by atoms with Crippen LogP contribution in [0.1, 0.15) is 20.3 Å². The number of amides is 2. The summed E-state index contributed by atoms with van der Waals surface area (Å²) in [6.45, 7) is 4.15. The lowest BCUT2D eigenvalue weighted by Gasteiger charge is -2.27. The SMILES string of the molecule is CCOC(=O)N(C)C(C)C(=O)N(C)CCCO. The molecular formula is C11H22N2O4. The van der Waals surface area contributed by atoms with Crippen LogP contribution in [0.25, 0.3) is 0 Å². The first-order valence-electron chi connectivity index (χ1n) is 5.71. The molecule has 1 atom stereocenters. The van der Waals surface area contributed by atoms with Crippen molar-refractivity contribution in [3.63, 3.8) is 0 Å². The Balaban J connectivity index is 4.32. The van der Waals surface area contributed by atoms with Crippen LogP contribution < -0.4 is 0 Å². The van der Waals surface area contributed by atoms with Crippen molar-refractivity contribution in [3.05, 3.63) is 0 Å². The molecule has 0 aromatic heterocycles. The Morgan fingerprint density at radius 2 is 1.94 bits per heavy atom. The first kappa shape index (κ1) is 15.7. The molecule has 0 aliphatic heterocycles. The van der Waals surface area contributed by atoms with Crippen molar-refractivity contribution >= 4 is 12.0 Å². The van der Waals surface area contributed by atoms with Crippen molar-refractivity contribution in [1.82, 2.24) is 9.80 Å². The van der Waals surface area contributed by atoms with E-state index in [4.69, 9.17) is 9.84 Å². The number of aliphatic hydroxyl groups excluding tert-OH is 1. The van der Waals surface area contributed by atoms with E-state index in [0.717, 1.165) is 0 Å². The van der Waals surface area contributed by atoms with E-state index in [1.54, 1.807) is 20.9 Å². The third-order valence-electron chi connectivity index (χ3n) is 2.52. The molecule has 0 bridgehead atoms. The van der Waals surface area contributed by atoms with E-state index < -0.39 is 12.1 Å². The number of hydrogen-bond donors (Lipinski definition) is 1. The molecule has 0 heterocycles. The molecule has 0 aromatic rings. The van der Waals surface area contributed by atoms with E-state index in [0.29, 0.717) is 13.0 Å². The summed E-state index contributed by atoms with van der Waals surface area (Å²) in [6.07, 6.45) is 0.0156. The number of nitrogens with zero attached hydrogens (tertiary/aromatic N) is 2. The van der Waals surface area contributed by atoms with E-state index in [9.17, 15) is 9.59 Å². The van der Waals surface area contributed by atoms with E-state index >= 15 is 0 Å². The minimum absolute atomic E-state index is 0.0414. The molecule has 0 radical (unpaired) electrons. The molecule has 0 saturated heterocycles. The summed E-state index contributed by atoms with van der Waals surface area (Å²) in [5.41, 5.74) is 0. The van der Waals surface area contributed by atoms with Gasteiger partial charge in [-0.3, -0.25) is 9.69 Å². The maximum Gasteiger partial charge on any atom is 0.410 e. The molecule has 0 aliphatic rings. The van der Waals surface area contributed by atoms with E-state index in [1.165, 1.54) is 16.8 Å². The number of likely N-dealkylation sites (N-methyl/N-ethyl adjacent to an activating group) is 2. The van der Waals surface area contributed by atoms with E-state index in [2.05, 4.69) is 0 Å².